The van der Waals surface area contributed by atoms with Gasteiger partial charge in [0.05, 0.1) is 0 Å². The van der Waals surface area contributed by atoms with E-state index in [1.54, 1.807) is 34.6 Å². The van der Waals surface area contributed by atoms with E-state index in [0.717, 1.165) is 0 Å². The second-order valence-corrected chi connectivity index (χ2v) is 4.66. The molecule has 1 N–H and O–H groups in total. The minimum Gasteiger partial charge on any atom is -0.303 e. The van der Waals surface area contributed by atoms with Gasteiger partial charge in [-0.2, -0.15) is 13.2 Å². The van der Waals surface area contributed by atoms with Gasteiger partial charge in [-0.15, -0.1) is 0 Å². The number of nitrogens with one attached hydrogen (secondary N) is 1. The Bertz CT molecular complexity index is 141. The Morgan fingerprint density at radius 1 is 1.00 bits per heavy atom. The molecular weight excluding hydrogens is 179 g/mol. The van der Waals surface area contributed by atoms with Gasteiger partial charge in [0.1, 0.15) is 6.04 Å². The zero-order chi connectivity index (χ0) is 10.9. The normalized spacial score (nSPS) is 16.4. The zero-order valence-electron chi connectivity index (χ0n) is 8.79. The molecule has 1 atom stereocenters. The number of alkyl halides is 3. The molecule has 0 amide bonds. The summed E-state index contributed by atoms with van der Waals surface area (Å²) in [5.74, 6) is 0. The third-order valence-electron chi connectivity index (χ3n) is 1.69. The molecule has 0 unspecified atom stereocenters. The first kappa shape index (κ1) is 12.8. The summed E-state index contributed by atoms with van der Waals surface area (Å²) in [6, 6.07) is -1.61. The van der Waals surface area contributed by atoms with Crippen LogP contribution in [0.5, 0.6) is 0 Å². The first-order valence-electron chi connectivity index (χ1n) is 4.38. The number of halogens is 3. The molecule has 0 aliphatic rings. The molecule has 0 aromatic rings. The molecule has 80 valence electrons. The molecule has 0 fully saturated rings. The maximum atomic E-state index is 12.5. The van der Waals surface area contributed by atoms with Crippen molar-refractivity contribution in [3.8, 4) is 0 Å². The third kappa shape index (κ3) is 4.50. The molecule has 4 heteroatoms. The standard InChI is InChI=1S/C9H18F3N/c1-6(2)13-7(8(3,4)5)9(10,11)12/h6-7,13H,1-5H3/t7-/m0/s1. The van der Waals surface area contributed by atoms with Crippen LogP contribution in [0.15, 0.2) is 0 Å². The molecular formula is C9H18F3N. The molecule has 0 saturated carbocycles. The van der Waals surface area contributed by atoms with Crippen LogP contribution in [0, 0.1) is 5.41 Å². The van der Waals surface area contributed by atoms with E-state index in [9.17, 15) is 13.2 Å². The van der Waals surface area contributed by atoms with E-state index >= 15 is 0 Å². The van der Waals surface area contributed by atoms with Crippen molar-refractivity contribution in [1.82, 2.24) is 5.32 Å². The topological polar surface area (TPSA) is 12.0 Å². The molecule has 0 aliphatic carbocycles. The van der Waals surface area contributed by atoms with Crippen LogP contribution in [-0.4, -0.2) is 18.3 Å². The zero-order valence-corrected chi connectivity index (χ0v) is 8.79. The molecule has 0 aromatic carbocycles. The van der Waals surface area contributed by atoms with Crippen LogP contribution < -0.4 is 5.32 Å². The molecule has 1 nitrogen and oxygen atoms in total. The van der Waals surface area contributed by atoms with E-state index in [-0.39, 0.29) is 6.04 Å². The van der Waals surface area contributed by atoms with Gasteiger partial charge in [-0.05, 0) is 5.41 Å². The van der Waals surface area contributed by atoms with Gasteiger partial charge in [-0.25, -0.2) is 0 Å². The Balaban J connectivity index is 4.58. The van der Waals surface area contributed by atoms with Crippen LogP contribution in [0.4, 0.5) is 13.2 Å². The van der Waals surface area contributed by atoms with Crippen molar-refractivity contribution in [1.29, 1.82) is 0 Å². The van der Waals surface area contributed by atoms with Gasteiger partial charge in [0.25, 0.3) is 0 Å². The first-order chi connectivity index (χ1) is 5.55. The number of hydrogen-bond donors (Lipinski definition) is 1. The monoisotopic (exact) mass is 197 g/mol. The van der Waals surface area contributed by atoms with Crippen molar-refractivity contribution in [2.45, 2.75) is 52.9 Å². The molecule has 0 heterocycles. The van der Waals surface area contributed by atoms with Crippen molar-refractivity contribution in [3.63, 3.8) is 0 Å². The first-order valence-corrected chi connectivity index (χ1v) is 4.38. The van der Waals surface area contributed by atoms with Crippen LogP contribution in [0.3, 0.4) is 0 Å². The minimum absolute atomic E-state index is 0.161. The van der Waals surface area contributed by atoms with Gasteiger partial charge in [0.2, 0.25) is 0 Å². The Morgan fingerprint density at radius 2 is 1.38 bits per heavy atom. The van der Waals surface area contributed by atoms with E-state index < -0.39 is 17.6 Å². The molecule has 13 heavy (non-hydrogen) atoms. The highest BCUT2D eigenvalue weighted by atomic mass is 19.4. The van der Waals surface area contributed by atoms with E-state index in [2.05, 4.69) is 5.32 Å². The third-order valence-corrected chi connectivity index (χ3v) is 1.69. The van der Waals surface area contributed by atoms with Crippen molar-refractivity contribution in [2.75, 3.05) is 0 Å². The van der Waals surface area contributed by atoms with Crippen molar-refractivity contribution in [2.24, 2.45) is 5.41 Å². The summed E-state index contributed by atoms with van der Waals surface area (Å²) in [5, 5.41) is 2.53. The van der Waals surface area contributed by atoms with Crippen LogP contribution in [-0.2, 0) is 0 Å². The molecule has 0 radical (unpaired) electrons. The molecule has 0 aliphatic heterocycles. The average Bonchev–Trinajstić information content (AvgIpc) is 1.77. The quantitative estimate of drug-likeness (QED) is 0.717. The van der Waals surface area contributed by atoms with E-state index in [1.165, 1.54) is 0 Å². The summed E-state index contributed by atoms with van der Waals surface area (Å²) in [7, 11) is 0. The maximum Gasteiger partial charge on any atom is 0.404 e. The van der Waals surface area contributed by atoms with Crippen molar-refractivity contribution < 1.29 is 13.2 Å². The lowest BCUT2D eigenvalue weighted by atomic mass is 9.86. The van der Waals surface area contributed by atoms with Crippen LogP contribution in [0.1, 0.15) is 34.6 Å². The van der Waals surface area contributed by atoms with Crippen LogP contribution in [0.2, 0.25) is 0 Å². The number of hydrogen-bond acceptors (Lipinski definition) is 1. The second kappa shape index (κ2) is 3.86. The Morgan fingerprint density at radius 3 is 1.46 bits per heavy atom. The lowest BCUT2D eigenvalue weighted by molar-refractivity contribution is -0.179. The molecule has 0 rings (SSSR count). The largest absolute Gasteiger partial charge is 0.404 e. The van der Waals surface area contributed by atoms with Gasteiger partial charge in [-0.3, -0.25) is 0 Å². The molecule has 0 bridgehead atoms. The highest BCUT2D eigenvalue weighted by Gasteiger charge is 2.46. The maximum absolute atomic E-state index is 12.5. The fourth-order valence-electron chi connectivity index (χ4n) is 1.17. The van der Waals surface area contributed by atoms with E-state index in [4.69, 9.17) is 0 Å². The molecule has 0 spiro atoms. The summed E-state index contributed by atoms with van der Waals surface area (Å²) >= 11 is 0. The lowest BCUT2D eigenvalue weighted by Gasteiger charge is -2.34. The Kier molecular flexibility index (Phi) is 3.79. The number of rotatable bonds is 2. The van der Waals surface area contributed by atoms with Crippen LogP contribution >= 0.6 is 0 Å². The Hall–Kier alpha value is -0.250. The predicted molar refractivity (Wildman–Crippen MR) is 47.6 cm³/mol. The molecule has 0 aromatic heterocycles. The fourth-order valence-corrected chi connectivity index (χ4v) is 1.17. The smallest absolute Gasteiger partial charge is 0.303 e. The molecule has 0 saturated heterocycles. The van der Waals surface area contributed by atoms with Crippen molar-refractivity contribution in [3.05, 3.63) is 0 Å². The van der Waals surface area contributed by atoms with E-state index in [0.29, 0.717) is 0 Å². The lowest BCUT2D eigenvalue weighted by Crippen LogP contribution is -2.53. The van der Waals surface area contributed by atoms with Gasteiger partial charge >= 0.3 is 6.18 Å². The predicted octanol–water partition coefficient (Wildman–Crippen LogP) is 2.96. The summed E-state index contributed by atoms with van der Waals surface area (Å²) < 4.78 is 37.5. The van der Waals surface area contributed by atoms with E-state index in [1.807, 2.05) is 0 Å². The SMILES string of the molecule is CC(C)N[C@@H](C(C)(C)C)C(F)(F)F. The van der Waals surface area contributed by atoms with Gasteiger partial charge in [0.15, 0.2) is 0 Å². The van der Waals surface area contributed by atoms with Gasteiger partial charge < -0.3 is 5.32 Å². The highest BCUT2D eigenvalue weighted by molar-refractivity contribution is 4.87. The highest BCUT2D eigenvalue weighted by Crippen LogP contribution is 2.33. The summed E-state index contributed by atoms with van der Waals surface area (Å²) in [6.45, 7) is 8.18. The van der Waals surface area contributed by atoms with Crippen molar-refractivity contribution >= 4 is 0 Å². The summed E-state index contributed by atoms with van der Waals surface area (Å²) in [5.41, 5.74) is -0.803. The summed E-state index contributed by atoms with van der Waals surface area (Å²) in [6.07, 6.45) is -4.18. The minimum atomic E-state index is -4.18. The Labute approximate surface area is 77.7 Å². The summed E-state index contributed by atoms with van der Waals surface area (Å²) in [4.78, 5) is 0. The fraction of sp³-hybridized carbons (Fsp3) is 1.00. The van der Waals surface area contributed by atoms with Gasteiger partial charge in [-0.1, -0.05) is 34.6 Å². The average molecular weight is 197 g/mol. The second-order valence-electron chi connectivity index (χ2n) is 4.66. The van der Waals surface area contributed by atoms with Gasteiger partial charge in [0, 0.05) is 6.04 Å². The van der Waals surface area contributed by atoms with Crippen LogP contribution in [0.25, 0.3) is 0 Å².